The summed E-state index contributed by atoms with van der Waals surface area (Å²) in [6.45, 7) is 5.27. The van der Waals surface area contributed by atoms with Gasteiger partial charge < -0.3 is 10.2 Å². The number of carbonyl (C=O) groups is 2. The van der Waals surface area contributed by atoms with E-state index in [4.69, 9.17) is 0 Å². The van der Waals surface area contributed by atoms with E-state index in [0.717, 1.165) is 46.7 Å². The van der Waals surface area contributed by atoms with Crippen LogP contribution >= 0.6 is 15.9 Å². The summed E-state index contributed by atoms with van der Waals surface area (Å²) in [6.07, 6.45) is 4.00. The number of nitrogens with zero attached hydrogens (tertiary/aromatic N) is 2. The highest BCUT2D eigenvalue weighted by Crippen LogP contribution is 2.27. The third-order valence-corrected chi connectivity index (χ3v) is 9.57. The van der Waals surface area contributed by atoms with Gasteiger partial charge in [-0.3, -0.25) is 13.9 Å². The molecule has 0 aromatic heterocycles. The minimum Gasteiger partial charge on any atom is -0.352 e. The van der Waals surface area contributed by atoms with Crippen LogP contribution in [0.4, 0.5) is 5.69 Å². The van der Waals surface area contributed by atoms with Crippen LogP contribution < -0.4 is 9.62 Å². The summed E-state index contributed by atoms with van der Waals surface area (Å²) in [5.74, 6) is -0.699. The Morgan fingerprint density at radius 3 is 2.27 bits per heavy atom. The van der Waals surface area contributed by atoms with Gasteiger partial charge in [0.15, 0.2) is 0 Å². The Bertz CT molecular complexity index is 1450. The van der Waals surface area contributed by atoms with Gasteiger partial charge in [0.1, 0.15) is 12.6 Å². The Morgan fingerprint density at radius 2 is 1.62 bits per heavy atom. The zero-order valence-electron chi connectivity index (χ0n) is 23.1. The first-order valence-corrected chi connectivity index (χ1v) is 15.8. The van der Waals surface area contributed by atoms with Gasteiger partial charge in [-0.25, -0.2) is 8.42 Å². The predicted octanol–water partition coefficient (Wildman–Crippen LogP) is 5.74. The molecule has 0 unspecified atom stereocenters. The fourth-order valence-corrected chi connectivity index (χ4v) is 6.77. The largest absolute Gasteiger partial charge is 0.352 e. The number of amides is 2. The Balaban J connectivity index is 1.69. The molecule has 0 spiro atoms. The van der Waals surface area contributed by atoms with Crippen LogP contribution in [0.3, 0.4) is 0 Å². The molecule has 7 nitrogen and oxygen atoms in total. The normalized spacial score (nSPS) is 14.5. The zero-order chi connectivity index (χ0) is 28.9. The molecule has 1 atom stereocenters. The summed E-state index contributed by atoms with van der Waals surface area (Å²) in [5, 5.41) is 3.09. The highest BCUT2D eigenvalue weighted by atomic mass is 79.9. The van der Waals surface area contributed by atoms with Crippen LogP contribution in [0.5, 0.6) is 0 Å². The number of benzene rings is 3. The van der Waals surface area contributed by atoms with Gasteiger partial charge in [0.2, 0.25) is 11.8 Å². The summed E-state index contributed by atoms with van der Waals surface area (Å²) in [4.78, 5) is 28.9. The van der Waals surface area contributed by atoms with Crippen LogP contribution in [0.15, 0.2) is 82.2 Å². The van der Waals surface area contributed by atoms with Crippen molar-refractivity contribution in [3.63, 3.8) is 0 Å². The van der Waals surface area contributed by atoms with E-state index in [1.54, 1.807) is 55.5 Å². The third kappa shape index (κ3) is 7.31. The maximum atomic E-state index is 14.0. The fourth-order valence-electron chi connectivity index (χ4n) is 4.98. The molecular formula is C31H36BrN3O4S. The van der Waals surface area contributed by atoms with Crippen LogP contribution in [0.25, 0.3) is 0 Å². The molecule has 212 valence electrons. The smallest absolute Gasteiger partial charge is 0.264 e. The van der Waals surface area contributed by atoms with Crippen molar-refractivity contribution in [2.75, 3.05) is 10.8 Å². The van der Waals surface area contributed by atoms with Gasteiger partial charge in [0.05, 0.1) is 10.6 Å². The lowest BCUT2D eigenvalue weighted by atomic mass is 10.1. The van der Waals surface area contributed by atoms with Gasteiger partial charge in [0, 0.05) is 17.1 Å². The standard InChI is InChI=1S/C31H36BrN3O4S/c1-22-14-16-29(17-15-22)40(38,39)35(28-13-7-10-26(32)19-28)21-30(36)34(20-25-9-6-8-23(2)18-25)24(3)31(37)33-27-11-4-5-12-27/h6-10,13-19,24,27H,4-5,11-12,20-21H2,1-3H3,(H,33,37)/t24-/m1/s1. The lowest BCUT2D eigenvalue weighted by Gasteiger charge is -2.32. The summed E-state index contributed by atoms with van der Waals surface area (Å²) in [5.41, 5.74) is 3.17. The first-order chi connectivity index (χ1) is 19.0. The van der Waals surface area contributed by atoms with E-state index in [1.807, 2.05) is 38.1 Å². The van der Waals surface area contributed by atoms with E-state index in [1.165, 1.54) is 4.90 Å². The summed E-state index contributed by atoms with van der Waals surface area (Å²) in [7, 11) is -4.10. The molecule has 0 heterocycles. The van der Waals surface area contributed by atoms with Gasteiger partial charge in [-0.15, -0.1) is 0 Å². The van der Waals surface area contributed by atoms with Crippen LogP contribution in [0, 0.1) is 13.8 Å². The van der Waals surface area contributed by atoms with Crippen molar-refractivity contribution in [1.82, 2.24) is 10.2 Å². The monoisotopic (exact) mass is 625 g/mol. The highest BCUT2D eigenvalue weighted by Gasteiger charge is 2.33. The van der Waals surface area contributed by atoms with E-state index in [2.05, 4.69) is 21.2 Å². The van der Waals surface area contributed by atoms with Crippen LogP contribution in [0.2, 0.25) is 0 Å². The van der Waals surface area contributed by atoms with Crippen molar-refractivity contribution in [2.45, 2.75) is 70.0 Å². The molecule has 4 rings (SSSR count). The maximum Gasteiger partial charge on any atom is 0.264 e. The van der Waals surface area contributed by atoms with Crippen molar-refractivity contribution < 1.29 is 18.0 Å². The number of halogens is 1. The second-order valence-electron chi connectivity index (χ2n) is 10.5. The van der Waals surface area contributed by atoms with E-state index in [9.17, 15) is 18.0 Å². The molecular weight excluding hydrogens is 590 g/mol. The van der Waals surface area contributed by atoms with Crippen molar-refractivity contribution in [3.05, 3.63) is 94.0 Å². The van der Waals surface area contributed by atoms with Crippen LogP contribution in [0.1, 0.15) is 49.3 Å². The Morgan fingerprint density at radius 1 is 0.950 bits per heavy atom. The van der Waals surface area contributed by atoms with Gasteiger partial charge in [-0.1, -0.05) is 82.4 Å². The van der Waals surface area contributed by atoms with Crippen LogP contribution in [-0.2, 0) is 26.2 Å². The molecule has 40 heavy (non-hydrogen) atoms. The van der Waals surface area contributed by atoms with E-state index >= 15 is 0 Å². The number of hydrogen-bond donors (Lipinski definition) is 1. The molecule has 0 radical (unpaired) electrons. The number of hydrogen-bond acceptors (Lipinski definition) is 4. The number of nitrogens with one attached hydrogen (secondary N) is 1. The Labute approximate surface area is 245 Å². The number of carbonyl (C=O) groups excluding carboxylic acids is 2. The van der Waals surface area contributed by atoms with Gasteiger partial charge >= 0.3 is 0 Å². The minimum atomic E-state index is -4.10. The van der Waals surface area contributed by atoms with Gasteiger partial charge in [-0.2, -0.15) is 0 Å². The van der Waals surface area contributed by atoms with E-state index < -0.39 is 28.5 Å². The van der Waals surface area contributed by atoms with Crippen molar-refractivity contribution in [1.29, 1.82) is 0 Å². The van der Waals surface area contributed by atoms with Gasteiger partial charge in [-0.05, 0) is 69.5 Å². The second kappa shape index (κ2) is 13.0. The Kier molecular flexibility index (Phi) is 9.68. The maximum absolute atomic E-state index is 14.0. The molecule has 3 aromatic carbocycles. The molecule has 0 aliphatic heterocycles. The lowest BCUT2D eigenvalue weighted by molar-refractivity contribution is -0.139. The van der Waals surface area contributed by atoms with Crippen molar-refractivity contribution >= 4 is 43.5 Å². The summed E-state index contributed by atoms with van der Waals surface area (Å²) < 4.78 is 29.6. The number of anilines is 1. The quantitative estimate of drug-likeness (QED) is 0.311. The number of aryl methyl sites for hydroxylation is 2. The van der Waals surface area contributed by atoms with E-state index in [0.29, 0.717) is 10.2 Å². The molecule has 1 aliphatic carbocycles. The highest BCUT2D eigenvalue weighted by molar-refractivity contribution is 9.10. The molecule has 9 heteroatoms. The molecule has 1 saturated carbocycles. The molecule has 1 aliphatic rings. The predicted molar refractivity (Wildman–Crippen MR) is 161 cm³/mol. The molecule has 0 saturated heterocycles. The summed E-state index contributed by atoms with van der Waals surface area (Å²) in [6, 6.07) is 20.5. The SMILES string of the molecule is Cc1ccc(S(=O)(=O)N(CC(=O)N(Cc2cccc(C)c2)[C@H](C)C(=O)NC2CCCC2)c2cccc(Br)c2)cc1. The summed E-state index contributed by atoms with van der Waals surface area (Å²) >= 11 is 3.42. The fraction of sp³-hybridized carbons (Fsp3) is 0.355. The van der Waals surface area contributed by atoms with Crippen molar-refractivity contribution in [2.24, 2.45) is 0 Å². The first kappa shape index (κ1) is 29.8. The second-order valence-corrected chi connectivity index (χ2v) is 13.3. The van der Waals surface area contributed by atoms with E-state index in [-0.39, 0.29) is 23.4 Å². The molecule has 0 bridgehead atoms. The first-order valence-electron chi connectivity index (χ1n) is 13.5. The average molecular weight is 627 g/mol. The van der Waals surface area contributed by atoms with Crippen molar-refractivity contribution in [3.8, 4) is 0 Å². The number of sulfonamides is 1. The number of rotatable bonds is 10. The Hall–Kier alpha value is -3.17. The van der Waals surface area contributed by atoms with Gasteiger partial charge in [0.25, 0.3) is 10.0 Å². The minimum absolute atomic E-state index is 0.0862. The molecule has 1 fully saturated rings. The average Bonchev–Trinajstić information content (AvgIpc) is 3.43. The molecule has 3 aromatic rings. The zero-order valence-corrected chi connectivity index (χ0v) is 25.5. The van der Waals surface area contributed by atoms with Crippen LogP contribution in [-0.4, -0.2) is 43.8 Å². The third-order valence-electron chi connectivity index (χ3n) is 7.29. The topological polar surface area (TPSA) is 86.8 Å². The lowest BCUT2D eigenvalue weighted by Crippen LogP contribution is -2.52. The molecule has 1 N–H and O–H groups in total. The molecule has 2 amide bonds.